The van der Waals surface area contributed by atoms with Crippen molar-refractivity contribution in [2.75, 3.05) is 6.54 Å². The van der Waals surface area contributed by atoms with Crippen LogP contribution in [0, 0.1) is 20.8 Å². The summed E-state index contributed by atoms with van der Waals surface area (Å²) in [7, 11) is -3.68. The quantitative estimate of drug-likeness (QED) is 0.816. The summed E-state index contributed by atoms with van der Waals surface area (Å²) >= 11 is 0. The van der Waals surface area contributed by atoms with E-state index in [1.165, 1.54) is 0 Å². The average molecular weight is 256 g/mol. The highest BCUT2D eigenvalue weighted by atomic mass is 32.2. The maximum Gasteiger partial charge on any atom is 0.241 e. The molecule has 0 saturated carbocycles. The highest BCUT2D eigenvalue weighted by Gasteiger charge is 2.17. The number of nitrogens with one attached hydrogen (secondary N) is 1. The van der Waals surface area contributed by atoms with Gasteiger partial charge in [0.05, 0.1) is 11.4 Å². The third-order valence-electron chi connectivity index (χ3n) is 2.52. The number of hydrogen-bond acceptors (Lipinski definition) is 3. The molecule has 0 aromatic heterocycles. The summed E-state index contributed by atoms with van der Waals surface area (Å²) in [4.78, 5) is 10.8. The number of aryl methyl sites for hydroxylation is 3. The van der Waals surface area contributed by atoms with Gasteiger partial charge in [0.15, 0.2) is 0 Å². The van der Waals surface area contributed by atoms with Crippen LogP contribution in [0.2, 0.25) is 0 Å². The Hall–Kier alpha value is -1.40. The Labute approximate surface area is 101 Å². The van der Waals surface area contributed by atoms with E-state index in [9.17, 15) is 13.2 Å². The number of carbonyl (C=O) groups is 1. The Morgan fingerprint density at radius 2 is 1.71 bits per heavy atom. The second-order valence-corrected chi connectivity index (χ2v) is 5.73. The van der Waals surface area contributed by atoms with E-state index >= 15 is 0 Å². The zero-order chi connectivity index (χ0) is 13.2. The number of nitrogens with two attached hydrogens (primary N) is 1. The molecule has 0 unspecified atom stereocenters. The number of benzene rings is 1. The standard InChI is InChI=1S/C11H16N2O3S/c1-7-4-9(3)10(5-8(7)2)17(15,16)13-6-11(12)14/h4-5,13H,6H2,1-3H3,(H2,12,14). The fraction of sp³-hybridized carbons (Fsp3) is 0.364. The zero-order valence-corrected chi connectivity index (χ0v) is 10.9. The summed E-state index contributed by atoms with van der Waals surface area (Å²) in [6, 6.07) is 3.39. The molecule has 0 saturated heterocycles. The lowest BCUT2D eigenvalue weighted by molar-refractivity contribution is -0.116. The van der Waals surface area contributed by atoms with Crippen molar-refractivity contribution in [3.63, 3.8) is 0 Å². The highest BCUT2D eigenvalue weighted by molar-refractivity contribution is 7.89. The smallest absolute Gasteiger partial charge is 0.241 e. The molecule has 1 rings (SSSR count). The van der Waals surface area contributed by atoms with Crippen LogP contribution in [0.4, 0.5) is 0 Å². The summed E-state index contributed by atoms with van der Waals surface area (Å²) in [6.07, 6.45) is 0. The minimum absolute atomic E-state index is 0.182. The van der Waals surface area contributed by atoms with Crippen LogP contribution in [0.25, 0.3) is 0 Å². The molecule has 0 bridgehead atoms. The second-order valence-electron chi connectivity index (χ2n) is 3.99. The van der Waals surface area contributed by atoms with Gasteiger partial charge in [0.2, 0.25) is 15.9 Å². The molecule has 1 aromatic rings. The Morgan fingerprint density at radius 1 is 1.18 bits per heavy atom. The van der Waals surface area contributed by atoms with Gasteiger partial charge in [0, 0.05) is 0 Å². The van der Waals surface area contributed by atoms with Crippen molar-refractivity contribution >= 4 is 15.9 Å². The first-order valence-electron chi connectivity index (χ1n) is 5.10. The second kappa shape index (κ2) is 4.85. The van der Waals surface area contributed by atoms with Crippen LogP contribution in [0.1, 0.15) is 16.7 Å². The van der Waals surface area contributed by atoms with E-state index in [4.69, 9.17) is 5.73 Å². The molecule has 0 spiro atoms. The Morgan fingerprint density at radius 3 is 2.24 bits per heavy atom. The minimum atomic E-state index is -3.68. The van der Waals surface area contributed by atoms with E-state index in [0.29, 0.717) is 5.56 Å². The lowest BCUT2D eigenvalue weighted by atomic mass is 10.1. The maximum atomic E-state index is 11.9. The molecule has 0 aliphatic heterocycles. The molecule has 5 nitrogen and oxygen atoms in total. The van der Waals surface area contributed by atoms with Crippen molar-refractivity contribution in [2.24, 2.45) is 5.73 Å². The zero-order valence-electron chi connectivity index (χ0n) is 10.1. The molecular formula is C11H16N2O3S. The first kappa shape index (κ1) is 13.7. The van der Waals surface area contributed by atoms with Crippen LogP contribution in [0.15, 0.2) is 17.0 Å². The monoisotopic (exact) mass is 256 g/mol. The number of primary amides is 1. The number of rotatable bonds is 4. The van der Waals surface area contributed by atoms with Crippen LogP contribution >= 0.6 is 0 Å². The van der Waals surface area contributed by atoms with Gasteiger partial charge >= 0.3 is 0 Å². The van der Waals surface area contributed by atoms with E-state index < -0.39 is 22.5 Å². The van der Waals surface area contributed by atoms with Gasteiger partial charge in [0.1, 0.15) is 0 Å². The minimum Gasteiger partial charge on any atom is -0.369 e. The van der Waals surface area contributed by atoms with Crippen molar-refractivity contribution < 1.29 is 13.2 Å². The van der Waals surface area contributed by atoms with Gasteiger partial charge < -0.3 is 5.73 Å². The predicted octanol–water partition coefficient (Wildman–Crippen LogP) is 0.375. The molecule has 6 heteroatoms. The van der Waals surface area contributed by atoms with Crippen LogP contribution in [-0.4, -0.2) is 20.9 Å². The first-order valence-corrected chi connectivity index (χ1v) is 6.58. The van der Waals surface area contributed by atoms with Gasteiger partial charge in [-0.05, 0) is 43.5 Å². The average Bonchev–Trinajstić information content (AvgIpc) is 2.20. The van der Waals surface area contributed by atoms with Crippen LogP contribution < -0.4 is 10.5 Å². The molecule has 0 fully saturated rings. The van der Waals surface area contributed by atoms with E-state index in [2.05, 4.69) is 4.72 Å². The Kier molecular flexibility index (Phi) is 3.90. The van der Waals surface area contributed by atoms with Crippen molar-refractivity contribution in [3.05, 3.63) is 28.8 Å². The fourth-order valence-electron chi connectivity index (χ4n) is 1.47. The summed E-state index contributed by atoms with van der Waals surface area (Å²) in [6.45, 7) is 5.07. The summed E-state index contributed by atoms with van der Waals surface area (Å²) in [5, 5.41) is 0. The molecule has 3 N–H and O–H groups in total. The first-order chi connectivity index (χ1) is 7.74. The molecule has 0 aliphatic carbocycles. The molecule has 94 valence electrons. The molecule has 0 atom stereocenters. The van der Waals surface area contributed by atoms with Crippen molar-refractivity contribution in [2.45, 2.75) is 25.7 Å². The number of carbonyl (C=O) groups excluding carboxylic acids is 1. The van der Waals surface area contributed by atoms with Crippen LogP contribution in [-0.2, 0) is 14.8 Å². The topological polar surface area (TPSA) is 89.3 Å². The predicted molar refractivity (Wildman–Crippen MR) is 65.0 cm³/mol. The third kappa shape index (κ3) is 3.28. The molecule has 0 aliphatic rings. The van der Waals surface area contributed by atoms with Gasteiger partial charge in [-0.25, -0.2) is 13.1 Å². The lowest BCUT2D eigenvalue weighted by Crippen LogP contribution is -2.33. The fourth-order valence-corrected chi connectivity index (χ4v) is 2.77. The summed E-state index contributed by atoms with van der Waals surface area (Å²) in [5.41, 5.74) is 7.46. The Bertz CT molecular complexity index is 550. The highest BCUT2D eigenvalue weighted by Crippen LogP contribution is 2.19. The largest absolute Gasteiger partial charge is 0.369 e. The van der Waals surface area contributed by atoms with E-state index in [1.54, 1.807) is 19.1 Å². The number of sulfonamides is 1. The third-order valence-corrected chi connectivity index (χ3v) is 4.06. The Balaban J connectivity index is 3.15. The molecule has 0 heterocycles. The summed E-state index contributed by atoms with van der Waals surface area (Å²) in [5.74, 6) is -0.713. The van der Waals surface area contributed by atoms with Gasteiger partial charge in [0.25, 0.3) is 0 Å². The maximum absolute atomic E-state index is 11.9. The van der Waals surface area contributed by atoms with E-state index in [1.807, 2.05) is 13.8 Å². The van der Waals surface area contributed by atoms with Gasteiger partial charge in [-0.2, -0.15) is 0 Å². The van der Waals surface area contributed by atoms with E-state index in [0.717, 1.165) is 11.1 Å². The molecule has 17 heavy (non-hydrogen) atoms. The van der Waals surface area contributed by atoms with Crippen molar-refractivity contribution in [1.29, 1.82) is 0 Å². The van der Waals surface area contributed by atoms with Crippen LogP contribution in [0.3, 0.4) is 0 Å². The lowest BCUT2D eigenvalue weighted by Gasteiger charge is -2.10. The SMILES string of the molecule is Cc1cc(C)c(S(=O)(=O)NCC(N)=O)cc1C. The van der Waals surface area contributed by atoms with Gasteiger partial charge in [-0.15, -0.1) is 0 Å². The molecular weight excluding hydrogens is 240 g/mol. The number of amides is 1. The number of hydrogen-bond donors (Lipinski definition) is 2. The van der Waals surface area contributed by atoms with Gasteiger partial charge in [-0.3, -0.25) is 4.79 Å². The van der Waals surface area contributed by atoms with Crippen molar-refractivity contribution in [1.82, 2.24) is 4.72 Å². The molecule has 1 aromatic carbocycles. The molecule has 1 amide bonds. The van der Waals surface area contributed by atoms with E-state index in [-0.39, 0.29) is 4.90 Å². The van der Waals surface area contributed by atoms with Gasteiger partial charge in [-0.1, -0.05) is 6.07 Å². The summed E-state index contributed by atoms with van der Waals surface area (Å²) < 4.78 is 26.0. The van der Waals surface area contributed by atoms with Crippen LogP contribution in [0.5, 0.6) is 0 Å². The normalized spacial score (nSPS) is 11.5. The molecule has 0 radical (unpaired) electrons. The van der Waals surface area contributed by atoms with Crippen molar-refractivity contribution in [3.8, 4) is 0 Å².